The summed E-state index contributed by atoms with van der Waals surface area (Å²) in [5.41, 5.74) is 3.57. The summed E-state index contributed by atoms with van der Waals surface area (Å²) in [6, 6.07) is 20.9. The molecule has 0 aliphatic carbocycles. The van der Waals surface area contributed by atoms with E-state index in [9.17, 15) is 4.39 Å². The summed E-state index contributed by atoms with van der Waals surface area (Å²) in [6.45, 7) is 0.688. The van der Waals surface area contributed by atoms with Gasteiger partial charge >= 0.3 is 0 Å². The summed E-state index contributed by atoms with van der Waals surface area (Å²) in [7, 11) is 0. The van der Waals surface area contributed by atoms with E-state index in [2.05, 4.69) is 21.7 Å². The second kappa shape index (κ2) is 7.07. The zero-order chi connectivity index (χ0) is 17.1. The topological polar surface area (TPSA) is 30.7 Å². The smallest absolute Gasteiger partial charge is 0.170 e. The Morgan fingerprint density at radius 2 is 1.72 bits per heavy atom. The van der Waals surface area contributed by atoms with Gasteiger partial charge in [-0.3, -0.25) is 4.57 Å². The Hall–Kier alpha value is -2.66. The normalized spacial score (nSPS) is 11.1. The molecule has 5 heteroatoms. The molecule has 0 saturated heterocycles. The third kappa shape index (κ3) is 3.42. The minimum atomic E-state index is -0.182. The lowest BCUT2D eigenvalue weighted by Gasteiger charge is -2.09. The molecule has 2 aromatic heterocycles. The molecule has 0 aliphatic rings. The number of nitrogens with zero attached hydrogens (tertiary/aromatic N) is 3. The van der Waals surface area contributed by atoms with Crippen molar-refractivity contribution in [2.24, 2.45) is 0 Å². The van der Waals surface area contributed by atoms with Gasteiger partial charge in [-0.1, -0.05) is 60.3 Å². The Morgan fingerprint density at radius 3 is 2.56 bits per heavy atom. The zero-order valence-electron chi connectivity index (χ0n) is 13.5. The number of rotatable bonds is 5. The molecule has 0 atom stereocenters. The first kappa shape index (κ1) is 15.8. The highest BCUT2D eigenvalue weighted by Gasteiger charge is 2.13. The SMILES string of the molecule is Fc1ccccc1CSc1nc2cccnc2n1Cc1ccccc1. The number of thioether (sulfide) groups is 1. The maximum atomic E-state index is 13.9. The van der Waals surface area contributed by atoms with Crippen LogP contribution in [0.4, 0.5) is 4.39 Å². The summed E-state index contributed by atoms with van der Waals surface area (Å²) in [5, 5.41) is 0.848. The van der Waals surface area contributed by atoms with Crippen LogP contribution in [0.25, 0.3) is 11.2 Å². The Bertz CT molecular complexity index is 998. The van der Waals surface area contributed by atoms with E-state index in [-0.39, 0.29) is 5.82 Å². The fourth-order valence-electron chi connectivity index (χ4n) is 2.71. The average molecular weight is 349 g/mol. The van der Waals surface area contributed by atoms with Gasteiger partial charge in [-0.25, -0.2) is 14.4 Å². The molecule has 0 bridgehead atoms. The molecule has 124 valence electrons. The fourth-order valence-corrected chi connectivity index (χ4v) is 3.70. The minimum absolute atomic E-state index is 0.182. The van der Waals surface area contributed by atoms with Crippen molar-refractivity contribution in [1.29, 1.82) is 0 Å². The van der Waals surface area contributed by atoms with Crippen LogP contribution in [0.2, 0.25) is 0 Å². The summed E-state index contributed by atoms with van der Waals surface area (Å²) in [4.78, 5) is 9.18. The largest absolute Gasteiger partial charge is 0.299 e. The van der Waals surface area contributed by atoms with Gasteiger partial charge in [0, 0.05) is 11.9 Å². The molecule has 4 aromatic rings. The maximum absolute atomic E-state index is 13.9. The van der Waals surface area contributed by atoms with Crippen LogP contribution in [-0.2, 0) is 12.3 Å². The lowest BCUT2D eigenvalue weighted by Crippen LogP contribution is -2.02. The second-order valence-electron chi connectivity index (χ2n) is 5.69. The van der Waals surface area contributed by atoms with Crippen molar-refractivity contribution >= 4 is 22.9 Å². The van der Waals surface area contributed by atoms with Crippen LogP contribution in [-0.4, -0.2) is 14.5 Å². The van der Waals surface area contributed by atoms with Gasteiger partial charge in [-0.2, -0.15) is 0 Å². The first-order chi connectivity index (χ1) is 12.3. The van der Waals surface area contributed by atoms with Gasteiger partial charge in [-0.15, -0.1) is 0 Å². The van der Waals surface area contributed by atoms with E-state index in [4.69, 9.17) is 4.98 Å². The molecule has 2 aromatic carbocycles. The van der Waals surface area contributed by atoms with Crippen LogP contribution in [0.15, 0.2) is 78.1 Å². The first-order valence-corrected chi connectivity index (χ1v) is 9.01. The van der Waals surface area contributed by atoms with E-state index >= 15 is 0 Å². The number of pyridine rings is 1. The van der Waals surface area contributed by atoms with Gasteiger partial charge in [0.2, 0.25) is 0 Å². The van der Waals surface area contributed by atoms with E-state index in [1.54, 1.807) is 12.3 Å². The Kier molecular flexibility index (Phi) is 4.48. The highest BCUT2D eigenvalue weighted by atomic mass is 32.2. The van der Waals surface area contributed by atoms with Crippen molar-refractivity contribution in [2.75, 3.05) is 0 Å². The number of hydrogen-bond acceptors (Lipinski definition) is 3. The number of halogens is 1. The molecule has 2 heterocycles. The van der Waals surface area contributed by atoms with Crippen molar-refractivity contribution in [3.05, 3.63) is 89.9 Å². The van der Waals surface area contributed by atoms with Crippen molar-refractivity contribution < 1.29 is 4.39 Å². The highest BCUT2D eigenvalue weighted by molar-refractivity contribution is 7.98. The van der Waals surface area contributed by atoms with Crippen molar-refractivity contribution in [2.45, 2.75) is 17.5 Å². The Morgan fingerprint density at radius 1 is 0.920 bits per heavy atom. The molecule has 3 nitrogen and oxygen atoms in total. The molecule has 0 amide bonds. The molecule has 25 heavy (non-hydrogen) atoms. The number of aromatic nitrogens is 3. The van der Waals surface area contributed by atoms with Crippen LogP contribution < -0.4 is 0 Å². The van der Waals surface area contributed by atoms with Crippen LogP contribution >= 0.6 is 11.8 Å². The van der Waals surface area contributed by atoms with Crippen molar-refractivity contribution in [3.63, 3.8) is 0 Å². The number of benzene rings is 2. The number of imidazole rings is 1. The molecule has 0 fully saturated rings. The van der Waals surface area contributed by atoms with E-state index in [1.165, 1.54) is 23.4 Å². The third-order valence-electron chi connectivity index (χ3n) is 3.97. The van der Waals surface area contributed by atoms with Crippen molar-refractivity contribution in [3.8, 4) is 0 Å². The first-order valence-electron chi connectivity index (χ1n) is 8.02. The molecule has 4 rings (SSSR count). The van der Waals surface area contributed by atoms with E-state index in [1.807, 2.05) is 42.5 Å². The number of fused-ring (bicyclic) bond motifs is 1. The molecule has 0 N–H and O–H groups in total. The van der Waals surface area contributed by atoms with Gasteiger partial charge in [0.15, 0.2) is 10.8 Å². The molecule has 0 unspecified atom stereocenters. The van der Waals surface area contributed by atoms with Gasteiger partial charge < -0.3 is 0 Å². The molecule has 0 spiro atoms. The highest BCUT2D eigenvalue weighted by Crippen LogP contribution is 2.27. The lowest BCUT2D eigenvalue weighted by molar-refractivity contribution is 0.617. The fraction of sp³-hybridized carbons (Fsp3) is 0.100. The van der Waals surface area contributed by atoms with E-state index in [0.717, 1.165) is 16.3 Å². The summed E-state index contributed by atoms with van der Waals surface area (Å²) in [5.74, 6) is 0.351. The average Bonchev–Trinajstić information content (AvgIpc) is 3.00. The van der Waals surface area contributed by atoms with Crippen LogP contribution in [0, 0.1) is 5.82 Å². The second-order valence-corrected chi connectivity index (χ2v) is 6.63. The van der Waals surface area contributed by atoms with E-state index < -0.39 is 0 Å². The van der Waals surface area contributed by atoms with E-state index in [0.29, 0.717) is 17.9 Å². The maximum Gasteiger partial charge on any atom is 0.170 e. The summed E-state index contributed by atoms with van der Waals surface area (Å²) < 4.78 is 16.0. The van der Waals surface area contributed by atoms with Crippen LogP contribution in [0.1, 0.15) is 11.1 Å². The molecular weight excluding hydrogens is 333 g/mol. The number of hydrogen-bond donors (Lipinski definition) is 0. The third-order valence-corrected chi connectivity index (χ3v) is 4.99. The Labute approximate surface area is 149 Å². The minimum Gasteiger partial charge on any atom is -0.299 e. The molecule has 0 saturated carbocycles. The zero-order valence-corrected chi connectivity index (χ0v) is 14.3. The van der Waals surface area contributed by atoms with Gasteiger partial charge in [-0.05, 0) is 29.3 Å². The van der Waals surface area contributed by atoms with Gasteiger partial charge in [0.25, 0.3) is 0 Å². The standard InChI is InChI=1S/C20H16FN3S/c21-17-10-5-4-9-16(17)14-25-20-23-18-11-6-12-22-19(18)24(20)13-15-7-2-1-3-8-15/h1-12H,13-14H2. The monoisotopic (exact) mass is 349 g/mol. The lowest BCUT2D eigenvalue weighted by atomic mass is 10.2. The van der Waals surface area contributed by atoms with Crippen molar-refractivity contribution in [1.82, 2.24) is 14.5 Å². The van der Waals surface area contributed by atoms with Gasteiger partial charge in [0.1, 0.15) is 11.3 Å². The van der Waals surface area contributed by atoms with Gasteiger partial charge in [0.05, 0.1) is 6.54 Å². The quantitative estimate of drug-likeness (QED) is 0.480. The van der Waals surface area contributed by atoms with Crippen LogP contribution in [0.3, 0.4) is 0 Å². The van der Waals surface area contributed by atoms with Crippen LogP contribution in [0.5, 0.6) is 0 Å². The predicted molar refractivity (Wildman–Crippen MR) is 99.0 cm³/mol. The summed E-state index contributed by atoms with van der Waals surface area (Å²) in [6.07, 6.45) is 1.77. The molecule has 0 radical (unpaired) electrons. The molecular formula is C20H16FN3S. The Balaban J connectivity index is 1.68. The predicted octanol–water partition coefficient (Wildman–Crippen LogP) is 4.91. The molecule has 0 aliphatic heterocycles. The summed E-state index contributed by atoms with van der Waals surface area (Å²) >= 11 is 1.53.